The van der Waals surface area contributed by atoms with Crippen molar-refractivity contribution in [3.8, 4) is 11.5 Å². The molecule has 0 N–H and O–H groups in total. The quantitative estimate of drug-likeness (QED) is 0.569. The maximum absolute atomic E-state index is 13.1. The smallest absolute Gasteiger partial charge is 0.254 e. The summed E-state index contributed by atoms with van der Waals surface area (Å²) in [4.78, 5) is 21.9. The van der Waals surface area contributed by atoms with Crippen molar-refractivity contribution >= 4 is 17.5 Å². The molecule has 1 atom stereocenters. The molecule has 10 nitrogen and oxygen atoms in total. The van der Waals surface area contributed by atoms with Crippen molar-refractivity contribution in [2.24, 2.45) is 0 Å². The van der Waals surface area contributed by atoms with E-state index in [2.05, 4.69) is 31.0 Å². The van der Waals surface area contributed by atoms with Gasteiger partial charge in [-0.3, -0.25) is 9.69 Å². The first-order chi connectivity index (χ1) is 17.6. The summed E-state index contributed by atoms with van der Waals surface area (Å²) in [6.07, 6.45) is 2.78. The van der Waals surface area contributed by atoms with E-state index < -0.39 is 0 Å². The van der Waals surface area contributed by atoms with E-state index in [0.717, 1.165) is 51.0 Å². The lowest BCUT2D eigenvalue weighted by Gasteiger charge is -2.37. The van der Waals surface area contributed by atoms with Crippen LogP contribution in [0.2, 0.25) is 0 Å². The van der Waals surface area contributed by atoms with Crippen LogP contribution in [-0.2, 0) is 4.74 Å². The zero-order valence-corrected chi connectivity index (χ0v) is 21.3. The predicted octanol–water partition coefficient (Wildman–Crippen LogP) is 1.76. The number of anilines is 2. The van der Waals surface area contributed by atoms with Gasteiger partial charge in [0.15, 0.2) is 11.6 Å². The number of nitrogens with zero attached hydrogens (tertiary/aromatic N) is 6. The number of aromatic nitrogens is 2. The standard InChI is InChI=1S/C26H36N6O4/c1-34-22-16-20(17-23(18-22)35-2)26(33)32-13-11-31(12-14-32)25-6-5-24(27-28-25)30-9-7-29(8-10-30)19-21-4-3-15-36-21/h5-6,16-18,21H,3-4,7-15,19H2,1-2H3. The van der Waals surface area contributed by atoms with Crippen LogP contribution in [0.15, 0.2) is 30.3 Å². The minimum Gasteiger partial charge on any atom is -0.497 e. The maximum atomic E-state index is 13.1. The van der Waals surface area contributed by atoms with Gasteiger partial charge in [0.1, 0.15) is 11.5 Å². The van der Waals surface area contributed by atoms with Crippen LogP contribution in [0.5, 0.6) is 11.5 Å². The predicted molar refractivity (Wildman–Crippen MR) is 137 cm³/mol. The topological polar surface area (TPSA) is 83.5 Å². The van der Waals surface area contributed by atoms with E-state index in [9.17, 15) is 4.79 Å². The first kappa shape index (κ1) is 24.6. The number of hydrogen-bond donors (Lipinski definition) is 0. The molecule has 3 aliphatic heterocycles. The van der Waals surface area contributed by atoms with Gasteiger partial charge in [-0.25, -0.2) is 0 Å². The number of carbonyl (C=O) groups excluding carboxylic acids is 1. The molecule has 0 aliphatic carbocycles. The lowest BCUT2D eigenvalue weighted by atomic mass is 10.1. The second kappa shape index (κ2) is 11.3. The van der Waals surface area contributed by atoms with E-state index in [1.54, 1.807) is 32.4 Å². The molecule has 3 saturated heterocycles. The summed E-state index contributed by atoms with van der Waals surface area (Å²) in [6.45, 7) is 8.58. The fourth-order valence-corrected chi connectivity index (χ4v) is 5.14. The number of carbonyl (C=O) groups is 1. The SMILES string of the molecule is COc1cc(OC)cc(C(=O)N2CCN(c3ccc(N4CCN(CC5CCCO5)CC4)nn3)CC2)c1. The first-order valence-corrected chi connectivity index (χ1v) is 12.8. The third-order valence-corrected chi connectivity index (χ3v) is 7.31. The third kappa shape index (κ3) is 5.65. The molecule has 3 aliphatic rings. The lowest BCUT2D eigenvalue weighted by Crippen LogP contribution is -2.49. The van der Waals surface area contributed by atoms with Crippen LogP contribution in [0.4, 0.5) is 11.6 Å². The molecular formula is C26H36N6O4. The fraction of sp³-hybridized carbons (Fsp3) is 0.577. The number of piperazine rings is 2. The highest BCUT2D eigenvalue weighted by Gasteiger charge is 2.26. The van der Waals surface area contributed by atoms with Gasteiger partial charge in [0.05, 0.1) is 20.3 Å². The van der Waals surface area contributed by atoms with E-state index in [-0.39, 0.29) is 5.91 Å². The van der Waals surface area contributed by atoms with Crippen molar-refractivity contribution in [3.05, 3.63) is 35.9 Å². The van der Waals surface area contributed by atoms with Gasteiger partial charge in [0, 0.05) is 77.1 Å². The number of benzene rings is 1. The third-order valence-electron chi connectivity index (χ3n) is 7.31. The molecule has 1 amide bonds. The largest absolute Gasteiger partial charge is 0.497 e. The Balaban J connectivity index is 1.12. The van der Waals surface area contributed by atoms with Crippen LogP contribution in [0, 0.1) is 0 Å². The maximum Gasteiger partial charge on any atom is 0.254 e. The van der Waals surface area contributed by atoms with Crippen LogP contribution in [0.1, 0.15) is 23.2 Å². The van der Waals surface area contributed by atoms with Crippen molar-refractivity contribution in [2.45, 2.75) is 18.9 Å². The van der Waals surface area contributed by atoms with Gasteiger partial charge >= 0.3 is 0 Å². The summed E-state index contributed by atoms with van der Waals surface area (Å²) in [6, 6.07) is 9.39. The van der Waals surface area contributed by atoms with Crippen molar-refractivity contribution in [1.82, 2.24) is 20.0 Å². The molecule has 5 rings (SSSR count). The molecule has 2 aromatic rings. The Hall–Kier alpha value is -3.11. The molecule has 1 unspecified atom stereocenters. The second-order valence-corrected chi connectivity index (χ2v) is 9.55. The van der Waals surface area contributed by atoms with Crippen LogP contribution in [0.3, 0.4) is 0 Å². The van der Waals surface area contributed by atoms with Crippen molar-refractivity contribution in [2.75, 3.05) is 89.5 Å². The molecular weight excluding hydrogens is 460 g/mol. The molecule has 10 heteroatoms. The average molecular weight is 497 g/mol. The zero-order chi connectivity index (χ0) is 24.9. The summed E-state index contributed by atoms with van der Waals surface area (Å²) in [5, 5.41) is 9.05. The van der Waals surface area contributed by atoms with E-state index in [0.29, 0.717) is 49.3 Å². The molecule has 0 radical (unpaired) electrons. The Kier molecular flexibility index (Phi) is 7.72. The number of methoxy groups -OCH3 is 2. The fourth-order valence-electron chi connectivity index (χ4n) is 5.14. The molecule has 3 fully saturated rings. The summed E-state index contributed by atoms with van der Waals surface area (Å²) < 4.78 is 16.4. The first-order valence-electron chi connectivity index (χ1n) is 12.8. The number of rotatable bonds is 7. The molecule has 4 heterocycles. The van der Waals surface area contributed by atoms with Crippen LogP contribution < -0.4 is 19.3 Å². The van der Waals surface area contributed by atoms with Gasteiger partial charge in [-0.05, 0) is 37.1 Å². The van der Waals surface area contributed by atoms with Crippen molar-refractivity contribution in [1.29, 1.82) is 0 Å². The van der Waals surface area contributed by atoms with Gasteiger partial charge in [-0.15, -0.1) is 10.2 Å². The van der Waals surface area contributed by atoms with Gasteiger partial charge in [0.25, 0.3) is 5.91 Å². The number of amides is 1. The summed E-state index contributed by atoms with van der Waals surface area (Å²) in [5.74, 6) is 2.97. The Morgan fingerprint density at radius 2 is 1.47 bits per heavy atom. The minimum absolute atomic E-state index is 0.0214. The molecule has 36 heavy (non-hydrogen) atoms. The molecule has 1 aromatic carbocycles. The van der Waals surface area contributed by atoms with E-state index in [1.807, 2.05) is 11.0 Å². The van der Waals surface area contributed by atoms with Crippen LogP contribution >= 0.6 is 0 Å². The van der Waals surface area contributed by atoms with E-state index >= 15 is 0 Å². The Labute approximate surface area is 212 Å². The van der Waals surface area contributed by atoms with E-state index in [1.165, 1.54) is 12.8 Å². The van der Waals surface area contributed by atoms with E-state index in [4.69, 9.17) is 14.2 Å². The average Bonchev–Trinajstić information content (AvgIpc) is 3.46. The molecule has 0 bridgehead atoms. The zero-order valence-electron chi connectivity index (χ0n) is 21.3. The van der Waals surface area contributed by atoms with Gasteiger partial charge in [-0.2, -0.15) is 0 Å². The van der Waals surface area contributed by atoms with Crippen LogP contribution in [-0.4, -0.2) is 112 Å². The van der Waals surface area contributed by atoms with Gasteiger partial charge < -0.3 is 28.9 Å². The minimum atomic E-state index is -0.0214. The van der Waals surface area contributed by atoms with Crippen molar-refractivity contribution in [3.63, 3.8) is 0 Å². The van der Waals surface area contributed by atoms with Gasteiger partial charge in [-0.1, -0.05) is 0 Å². The van der Waals surface area contributed by atoms with Crippen LogP contribution in [0.25, 0.3) is 0 Å². The molecule has 0 spiro atoms. The Morgan fingerprint density at radius 1 is 0.889 bits per heavy atom. The molecule has 1 aromatic heterocycles. The monoisotopic (exact) mass is 496 g/mol. The summed E-state index contributed by atoms with van der Waals surface area (Å²) in [7, 11) is 3.17. The highest BCUT2D eigenvalue weighted by Crippen LogP contribution is 2.25. The Bertz CT molecular complexity index is 991. The highest BCUT2D eigenvalue weighted by molar-refractivity contribution is 5.95. The molecule has 0 saturated carbocycles. The van der Waals surface area contributed by atoms with Crippen molar-refractivity contribution < 1.29 is 19.0 Å². The number of ether oxygens (including phenoxy) is 3. The second-order valence-electron chi connectivity index (χ2n) is 9.55. The normalized spacial score (nSPS) is 21.1. The summed E-state index contributed by atoms with van der Waals surface area (Å²) in [5.41, 5.74) is 0.569. The summed E-state index contributed by atoms with van der Waals surface area (Å²) >= 11 is 0. The Morgan fingerprint density at radius 3 is 1.97 bits per heavy atom. The van der Waals surface area contributed by atoms with Gasteiger partial charge in [0.2, 0.25) is 0 Å². The number of hydrogen-bond acceptors (Lipinski definition) is 9. The lowest BCUT2D eigenvalue weighted by molar-refractivity contribution is 0.0712. The molecule has 194 valence electrons. The highest BCUT2D eigenvalue weighted by atomic mass is 16.5.